The molecule has 0 aliphatic heterocycles. The number of nitrogens with two attached hydrogens (primary N) is 1. The van der Waals surface area contributed by atoms with Crippen LogP contribution in [0.4, 0.5) is 5.69 Å². The van der Waals surface area contributed by atoms with Crippen molar-refractivity contribution in [2.45, 2.75) is 19.9 Å². The van der Waals surface area contributed by atoms with E-state index in [1.807, 2.05) is 0 Å². The molecule has 0 saturated heterocycles. The first-order chi connectivity index (χ1) is 9.90. The van der Waals surface area contributed by atoms with Crippen molar-refractivity contribution in [2.75, 3.05) is 0 Å². The fraction of sp³-hybridized carbons (Fsp3) is 0.214. The van der Waals surface area contributed by atoms with Gasteiger partial charge < -0.3 is 10.5 Å². The lowest BCUT2D eigenvalue weighted by molar-refractivity contribution is -0.385. The normalized spacial score (nSPS) is 12.0. The Morgan fingerprint density at radius 3 is 2.81 bits per heavy atom. The van der Waals surface area contributed by atoms with Crippen molar-refractivity contribution >= 4 is 21.6 Å². The summed E-state index contributed by atoms with van der Waals surface area (Å²) in [6.07, 6.45) is 1.56. The second kappa shape index (κ2) is 6.19. The lowest BCUT2D eigenvalue weighted by Gasteiger charge is -2.13. The summed E-state index contributed by atoms with van der Waals surface area (Å²) in [6.45, 7) is 3.54. The van der Waals surface area contributed by atoms with E-state index in [2.05, 4.69) is 20.9 Å². The average Bonchev–Trinajstić information content (AvgIpc) is 2.41. The zero-order valence-electron chi connectivity index (χ0n) is 11.5. The second-order valence-corrected chi connectivity index (χ2v) is 5.53. The lowest BCUT2D eigenvalue weighted by Crippen LogP contribution is -2.08. The smallest absolute Gasteiger partial charge is 0.313 e. The van der Waals surface area contributed by atoms with Gasteiger partial charge >= 0.3 is 5.69 Å². The molecule has 2 rings (SSSR count). The molecule has 0 aliphatic carbocycles. The molecule has 6 nitrogen and oxygen atoms in total. The second-order valence-electron chi connectivity index (χ2n) is 4.62. The van der Waals surface area contributed by atoms with Crippen molar-refractivity contribution < 1.29 is 9.66 Å². The molecule has 21 heavy (non-hydrogen) atoms. The van der Waals surface area contributed by atoms with Gasteiger partial charge in [-0.1, -0.05) is 22.0 Å². The van der Waals surface area contributed by atoms with Crippen LogP contribution in [0, 0.1) is 17.0 Å². The van der Waals surface area contributed by atoms with Crippen LogP contribution >= 0.6 is 15.9 Å². The van der Waals surface area contributed by atoms with Gasteiger partial charge in [0.05, 0.1) is 4.92 Å². The molecule has 0 amide bonds. The van der Waals surface area contributed by atoms with E-state index in [9.17, 15) is 10.1 Å². The molecule has 7 heteroatoms. The molecule has 0 spiro atoms. The van der Waals surface area contributed by atoms with Crippen molar-refractivity contribution in [2.24, 2.45) is 5.73 Å². The summed E-state index contributed by atoms with van der Waals surface area (Å²) in [5.74, 6) is 0.449. The number of rotatable bonds is 4. The highest BCUT2D eigenvalue weighted by Crippen LogP contribution is 2.38. The standard InChI is InChI=1S/C14H14BrN3O3/c1-8-6-10(15)7-12(18(19)20)13(8)21-14-11(9(2)16)4-3-5-17-14/h3-7,9H,16H2,1-2H3/t9-/m1/s1. The van der Waals surface area contributed by atoms with E-state index in [0.29, 0.717) is 15.6 Å². The number of aryl methyl sites for hydroxylation is 1. The minimum Gasteiger partial charge on any atom is -0.431 e. The summed E-state index contributed by atoms with van der Waals surface area (Å²) in [5, 5.41) is 11.2. The van der Waals surface area contributed by atoms with E-state index < -0.39 is 4.92 Å². The van der Waals surface area contributed by atoms with Crippen LogP contribution in [0.1, 0.15) is 24.1 Å². The number of nitro groups is 1. The highest BCUT2D eigenvalue weighted by atomic mass is 79.9. The zero-order chi connectivity index (χ0) is 15.6. The number of aromatic nitrogens is 1. The molecule has 1 atom stereocenters. The Morgan fingerprint density at radius 1 is 1.48 bits per heavy atom. The third kappa shape index (κ3) is 3.37. The fourth-order valence-corrected chi connectivity index (χ4v) is 2.47. The molecule has 1 aromatic heterocycles. The Kier molecular flexibility index (Phi) is 4.54. The molecule has 110 valence electrons. The highest BCUT2D eigenvalue weighted by molar-refractivity contribution is 9.10. The SMILES string of the molecule is Cc1cc(Br)cc([N+](=O)[O-])c1Oc1ncccc1[C@@H](C)N. The monoisotopic (exact) mass is 351 g/mol. The van der Waals surface area contributed by atoms with Gasteiger partial charge in [-0.25, -0.2) is 4.98 Å². The number of pyridine rings is 1. The molecule has 0 bridgehead atoms. The Morgan fingerprint density at radius 2 is 2.19 bits per heavy atom. The molecule has 1 aromatic carbocycles. The van der Waals surface area contributed by atoms with E-state index in [4.69, 9.17) is 10.5 Å². The van der Waals surface area contributed by atoms with Crippen molar-refractivity contribution in [1.29, 1.82) is 0 Å². The van der Waals surface area contributed by atoms with Gasteiger partial charge in [0.2, 0.25) is 11.6 Å². The molecule has 0 unspecified atom stereocenters. The Labute approximate surface area is 130 Å². The maximum Gasteiger partial charge on any atom is 0.313 e. The first kappa shape index (κ1) is 15.4. The third-order valence-corrected chi connectivity index (χ3v) is 3.36. The molecule has 0 saturated carbocycles. The predicted molar refractivity (Wildman–Crippen MR) is 82.4 cm³/mol. The summed E-state index contributed by atoms with van der Waals surface area (Å²) in [5.41, 5.74) is 7.07. The van der Waals surface area contributed by atoms with Gasteiger partial charge in [0.1, 0.15) is 0 Å². The third-order valence-electron chi connectivity index (χ3n) is 2.91. The van der Waals surface area contributed by atoms with Crippen molar-refractivity contribution in [3.63, 3.8) is 0 Å². The van der Waals surface area contributed by atoms with Gasteiger partial charge in [0, 0.05) is 33.9 Å². The molecule has 0 fully saturated rings. The summed E-state index contributed by atoms with van der Waals surface area (Å²) < 4.78 is 6.31. The summed E-state index contributed by atoms with van der Waals surface area (Å²) in [4.78, 5) is 14.8. The van der Waals surface area contributed by atoms with Crippen molar-refractivity contribution in [3.05, 3.63) is 56.2 Å². The first-order valence-electron chi connectivity index (χ1n) is 6.23. The predicted octanol–water partition coefficient (Wildman–Crippen LogP) is 3.87. The van der Waals surface area contributed by atoms with Crippen LogP contribution in [0.2, 0.25) is 0 Å². The summed E-state index contributed by atoms with van der Waals surface area (Å²) in [6, 6.07) is 6.39. The Hall–Kier alpha value is -1.99. The van der Waals surface area contributed by atoms with Crippen LogP contribution in [0.3, 0.4) is 0 Å². The number of nitro benzene ring substituents is 1. The quantitative estimate of drug-likeness (QED) is 0.666. The van der Waals surface area contributed by atoms with Gasteiger partial charge in [-0.05, 0) is 26.0 Å². The summed E-state index contributed by atoms with van der Waals surface area (Å²) >= 11 is 3.24. The van der Waals surface area contributed by atoms with Crippen LogP contribution in [-0.2, 0) is 0 Å². The number of nitrogens with zero attached hydrogens (tertiary/aromatic N) is 2. The molecular weight excluding hydrogens is 338 g/mol. The molecular formula is C14H14BrN3O3. The summed E-state index contributed by atoms with van der Waals surface area (Å²) in [7, 11) is 0. The van der Waals surface area contributed by atoms with Crippen LogP contribution in [0.25, 0.3) is 0 Å². The lowest BCUT2D eigenvalue weighted by atomic mass is 10.1. The van der Waals surface area contributed by atoms with Gasteiger partial charge in [-0.2, -0.15) is 0 Å². The van der Waals surface area contributed by atoms with E-state index in [1.54, 1.807) is 38.2 Å². The van der Waals surface area contributed by atoms with Crippen molar-refractivity contribution in [3.8, 4) is 11.6 Å². The van der Waals surface area contributed by atoms with E-state index in [0.717, 1.165) is 0 Å². The zero-order valence-corrected chi connectivity index (χ0v) is 13.1. The van der Waals surface area contributed by atoms with Crippen molar-refractivity contribution in [1.82, 2.24) is 4.98 Å². The van der Waals surface area contributed by atoms with Gasteiger partial charge in [-0.3, -0.25) is 10.1 Å². The first-order valence-corrected chi connectivity index (χ1v) is 7.02. The number of hydrogen-bond acceptors (Lipinski definition) is 5. The largest absolute Gasteiger partial charge is 0.431 e. The maximum absolute atomic E-state index is 11.2. The fourth-order valence-electron chi connectivity index (χ4n) is 1.91. The number of hydrogen-bond donors (Lipinski definition) is 1. The Balaban J connectivity index is 2.52. The topological polar surface area (TPSA) is 91.3 Å². The van der Waals surface area contributed by atoms with Crippen LogP contribution < -0.4 is 10.5 Å². The average molecular weight is 352 g/mol. The van der Waals surface area contributed by atoms with Crippen LogP contribution in [0.5, 0.6) is 11.6 Å². The molecule has 0 radical (unpaired) electrons. The molecule has 0 aliphatic rings. The van der Waals surface area contributed by atoms with Crippen LogP contribution in [-0.4, -0.2) is 9.91 Å². The number of ether oxygens (including phenoxy) is 1. The van der Waals surface area contributed by atoms with Crippen LogP contribution in [0.15, 0.2) is 34.9 Å². The van der Waals surface area contributed by atoms with E-state index >= 15 is 0 Å². The Bertz CT molecular complexity index is 689. The van der Waals surface area contributed by atoms with E-state index in [-0.39, 0.29) is 23.4 Å². The number of benzene rings is 1. The van der Waals surface area contributed by atoms with Gasteiger partial charge in [0.25, 0.3) is 0 Å². The maximum atomic E-state index is 11.2. The van der Waals surface area contributed by atoms with Gasteiger partial charge in [0.15, 0.2) is 0 Å². The molecule has 2 aromatic rings. The number of halogens is 1. The minimum absolute atomic E-state index is 0.122. The minimum atomic E-state index is -0.485. The molecule has 2 N–H and O–H groups in total. The molecule has 1 heterocycles. The highest BCUT2D eigenvalue weighted by Gasteiger charge is 2.21. The van der Waals surface area contributed by atoms with E-state index in [1.165, 1.54) is 6.07 Å². The van der Waals surface area contributed by atoms with Gasteiger partial charge in [-0.15, -0.1) is 0 Å².